The van der Waals surface area contributed by atoms with Crippen molar-refractivity contribution < 1.29 is 4.79 Å². The molecule has 4 nitrogen and oxygen atoms in total. The van der Waals surface area contributed by atoms with Crippen molar-refractivity contribution in [1.29, 1.82) is 0 Å². The van der Waals surface area contributed by atoms with Gasteiger partial charge in [0.1, 0.15) is 0 Å². The number of nitrogens with zero attached hydrogens (tertiary/aromatic N) is 1. The van der Waals surface area contributed by atoms with Crippen molar-refractivity contribution in [3.63, 3.8) is 0 Å². The molecule has 0 aliphatic heterocycles. The first-order chi connectivity index (χ1) is 9.49. The Hall–Kier alpha value is -0.910. The van der Waals surface area contributed by atoms with Crippen molar-refractivity contribution in [3.05, 3.63) is 34.3 Å². The van der Waals surface area contributed by atoms with Crippen molar-refractivity contribution in [2.45, 2.75) is 32.4 Å². The number of halogens is 1. The maximum atomic E-state index is 11.8. The van der Waals surface area contributed by atoms with Gasteiger partial charge in [0.2, 0.25) is 5.91 Å². The van der Waals surface area contributed by atoms with E-state index in [1.807, 2.05) is 31.0 Å². The van der Waals surface area contributed by atoms with Crippen LogP contribution in [0.2, 0.25) is 0 Å². The van der Waals surface area contributed by atoms with E-state index in [0.29, 0.717) is 13.1 Å². The number of nitrogens with one attached hydrogen (secondary N) is 1. The molecule has 2 unspecified atom stereocenters. The summed E-state index contributed by atoms with van der Waals surface area (Å²) in [5.74, 6) is 0.0262. The Kier molecular flexibility index (Phi) is 7.19. The van der Waals surface area contributed by atoms with E-state index in [9.17, 15) is 4.79 Å². The van der Waals surface area contributed by atoms with Gasteiger partial charge in [-0.2, -0.15) is 0 Å². The molecule has 0 bridgehead atoms. The average Bonchev–Trinajstić information content (AvgIpc) is 2.39. The fourth-order valence-electron chi connectivity index (χ4n) is 2.32. The zero-order valence-electron chi connectivity index (χ0n) is 12.4. The predicted molar refractivity (Wildman–Crippen MR) is 86.5 cm³/mol. The molecule has 0 aliphatic rings. The van der Waals surface area contributed by atoms with E-state index in [-0.39, 0.29) is 18.0 Å². The minimum atomic E-state index is -0.0104. The number of carbonyl (C=O) groups is 1. The third kappa shape index (κ3) is 4.89. The molecule has 0 radical (unpaired) electrons. The summed E-state index contributed by atoms with van der Waals surface area (Å²) in [5.41, 5.74) is 7.39. The van der Waals surface area contributed by atoms with E-state index in [1.165, 1.54) is 0 Å². The van der Waals surface area contributed by atoms with Crippen LogP contribution in [0.4, 0.5) is 0 Å². The summed E-state index contributed by atoms with van der Waals surface area (Å²) < 4.78 is 1.02. The summed E-state index contributed by atoms with van der Waals surface area (Å²) in [6.45, 7) is 4.98. The Morgan fingerprint density at radius 3 is 2.70 bits per heavy atom. The fourth-order valence-corrected chi connectivity index (χ4v) is 2.74. The van der Waals surface area contributed by atoms with Gasteiger partial charge in [0.05, 0.1) is 12.6 Å². The summed E-state index contributed by atoms with van der Waals surface area (Å²) in [6, 6.07) is 8.12. The van der Waals surface area contributed by atoms with E-state index in [2.05, 4.69) is 40.3 Å². The molecule has 0 aliphatic carbocycles. The summed E-state index contributed by atoms with van der Waals surface area (Å²) >= 11 is 3.49. The summed E-state index contributed by atoms with van der Waals surface area (Å²) in [5, 5.41) is 2.82. The minimum Gasteiger partial charge on any atom is -0.355 e. The highest BCUT2D eigenvalue weighted by atomic mass is 79.9. The van der Waals surface area contributed by atoms with Crippen LogP contribution in [-0.2, 0) is 4.79 Å². The van der Waals surface area contributed by atoms with Crippen LogP contribution in [0.1, 0.15) is 31.9 Å². The highest BCUT2D eigenvalue weighted by Crippen LogP contribution is 2.26. The molecule has 1 aromatic carbocycles. The Morgan fingerprint density at radius 1 is 1.45 bits per heavy atom. The van der Waals surface area contributed by atoms with Gasteiger partial charge in [-0.1, -0.05) is 35.0 Å². The third-order valence-corrected chi connectivity index (χ3v) is 3.80. The first kappa shape index (κ1) is 17.1. The quantitative estimate of drug-likeness (QED) is 0.799. The second kappa shape index (κ2) is 8.39. The van der Waals surface area contributed by atoms with Gasteiger partial charge in [-0.05, 0) is 38.1 Å². The molecular weight excluding hydrogens is 318 g/mol. The van der Waals surface area contributed by atoms with Crippen LogP contribution < -0.4 is 11.1 Å². The maximum absolute atomic E-state index is 11.8. The van der Waals surface area contributed by atoms with Crippen LogP contribution in [-0.4, -0.2) is 37.0 Å². The van der Waals surface area contributed by atoms with Gasteiger partial charge in [-0.3, -0.25) is 9.69 Å². The summed E-state index contributed by atoms with van der Waals surface area (Å²) in [7, 11) is 1.94. The molecule has 1 rings (SSSR count). The summed E-state index contributed by atoms with van der Waals surface area (Å²) in [4.78, 5) is 13.8. The van der Waals surface area contributed by atoms with Crippen molar-refractivity contribution in [3.8, 4) is 0 Å². The first-order valence-corrected chi connectivity index (χ1v) is 7.76. The predicted octanol–water partition coefficient (Wildman–Crippen LogP) is 2.30. The molecular formula is C15H24BrN3O. The molecule has 0 heterocycles. The average molecular weight is 342 g/mol. The van der Waals surface area contributed by atoms with Crippen molar-refractivity contribution in [2.75, 3.05) is 20.1 Å². The summed E-state index contributed by atoms with van der Waals surface area (Å²) in [6.07, 6.45) is 0.858. The molecule has 20 heavy (non-hydrogen) atoms. The number of carbonyl (C=O) groups excluding carboxylic acids is 1. The highest BCUT2D eigenvalue weighted by molar-refractivity contribution is 9.10. The minimum absolute atomic E-state index is 0.0104. The fraction of sp³-hybridized carbons (Fsp3) is 0.533. The van der Waals surface area contributed by atoms with E-state index in [1.54, 1.807) is 0 Å². The Balaban J connectivity index is 2.92. The highest BCUT2D eigenvalue weighted by Gasteiger charge is 2.24. The van der Waals surface area contributed by atoms with Crippen LogP contribution >= 0.6 is 15.9 Å². The molecule has 2 atom stereocenters. The van der Waals surface area contributed by atoms with Crippen molar-refractivity contribution >= 4 is 21.8 Å². The van der Waals surface area contributed by atoms with Gasteiger partial charge in [0.15, 0.2) is 0 Å². The number of hydrogen-bond acceptors (Lipinski definition) is 3. The standard InChI is InChI=1S/C15H24BrN3O/c1-4-13(17)15(11-7-6-8-12(16)9-11)19(3)10-14(20)18-5-2/h6-9,13,15H,4-5,10,17H2,1-3H3,(H,18,20). The second-order valence-electron chi connectivity index (χ2n) is 4.94. The number of benzene rings is 1. The molecule has 1 amide bonds. The van der Waals surface area contributed by atoms with Crippen LogP contribution in [0.5, 0.6) is 0 Å². The van der Waals surface area contributed by atoms with E-state index < -0.39 is 0 Å². The lowest BCUT2D eigenvalue weighted by Crippen LogP contribution is -2.43. The lowest BCUT2D eigenvalue weighted by molar-refractivity contribution is -0.122. The first-order valence-electron chi connectivity index (χ1n) is 6.97. The Labute approximate surface area is 129 Å². The molecule has 0 aromatic heterocycles. The van der Waals surface area contributed by atoms with Gasteiger partial charge in [0, 0.05) is 17.1 Å². The van der Waals surface area contributed by atoms with Crippen LogP contribution in [0.15, 0.2) is 28.7 Å². The molecule has 0 saturated heterocycles. The lowest BCUT2D eigenvalue weighted by Gasteiger charge is -2.32. The van der Waals surface area contributed by atoms with Gasteiger partial charge in [0.25, 0.3) is 0 Å². The maximum Gasteiger partial charge on any atom is 0.234 e. The number of rotatable bonds is 7. The second-order valence-corrected chi connectivity index (χ2v) is 5.86. The SMILES string of the molecule is CCNC(=O)CN(C)C(c1cccc(Br)c1)C(N)CC. The van der Waals surface area contributed by atoms with Crippen LogP contribution in [0.25, 0.3) is 0 Å². The van der Waals surface area contributed by atoms with Crippen LogP contribution in [0, 0.1) is 0 Å². The molecule has 0 spiro atoms. The van der Waals surface area contributed by atoms with Gasteiger partial charge < -0.3 is 11.1 Å². The Morgan fingerprint density at radius 2 is 2.15 bits per heavy atom. The van der Waals surface area contributed by atoms with E-state index >= 15 is 0 Å². The van der Waals surface area contributed by atoms with Gasteiger partial charge in [-0.25, -0.2) is 0 Å². The van der Waals surface area contributed by atoms with Crippen LogP contribution in [0.3, 0.4) is 0 Å². The monoisotopic (exact) mass is 341 g/mol. The topological polar surface area (TPSA) is 58.4 Å². The molecule has 0 fully saturated rings. The molecule has 1 aromatic rings. The molecule has 112 valence electrons. The molecule has 0 saturated carbocycles. The molecule has 5 heteroatoms. The third-order valence-electron chi connectivity index (χ3n) is 3.31. The Bertz CT molecular complexity index is 439. The molecule has 3 N–H and O–H groups in total. The van der Waals surface area contributed by atoms with Crippen molar-refractivity contribution in [2.24, 2.45) is 5.73 Å². The lowest BCUT2D eigenvalue weighted by atomic mass is 9.96. The normalized spacial score (nSPS) is 14.1. The number of amides is 1. The van der Waals surface area contributed by atoms with Gasteiger partial charge >= 0.3 is 0 Å². The van der Waals surface area contributed by atoms with Gasteiger partial charge in [-0.15, -0.1) is 0 Å². The number of likely N-dealkylation sites (N-methyl/N-ethyl adjacent to an activating group) is 2. The number of hydrogen-bond donors (Lipinski definition) is 2. The van der Waals surface area contributed by atoms with E-state index in [4.69, 9.17) is 5.73 Å². The van der Waals surface area contributed by atoms with E-state index in [0.717, 1.165) is 16.5 Å². The zero-order chi connectivity index (χ0) is 15.1. The van der Waals surface area contributed by atoms with Crippen molar-refractivity contribution in [1.82, 2.24) is 10.2 Å². The largest absolute Gasteiger partial charge is 0.355 e. The zero-order valence-corrected chi connectivity index (χ0v) is 14.0. The smallest absolute Gasteiger partial charge is 0.234 e. The number of nitrogens with two attached hydrogens (primary N) is 1.